The van der Waals surface area contributed by atoms with Crippen LogP contribution in [-0.4, -0.2) is 24.8 Å². The SMILES string of the molecule is COCCc1ccc(-c2ccc(C(=O)O)cc2-c2ccc(C#N)c(F)c2)c(F)c1. The van der Waals surface area contributed by atoms with Crippen LogP contribution in [0.4, 0.5) is 8.78 Å². The van der Waals surface area contributed by atoms with E-state index in [-0.39, 0.29) is 16.7 Å². The Morgan fingerprint density at radius 2 is 1.76 bits per heavy atom. The van der Waals surface area contributed by atoms with Gasteiger partial charge in [-0.3, -0.25) is 0 Å². The number of rotatable bonds is 6. The number of benzene rings is 3. The second-order valence-electron chi connectivity index (χ2n) is 6.43. The number of hydrogen-bond acceptors (Lipinski definition) is 3. The fourth-order valence-electron chi connectivity index (χ4n) is 3.08. The molecule has 0 amide bonds. The quantitative estimate of drug-likeness (QED) is 0.636. The maximum Gasteiger partial charge on any atom is 0.335 e. The molecule has 0 aliphatic carbocycles. The standard InChI is InChI=1S/C23H17F2NO3/c1-29-9-8-14-2-6-19(22(25)10-14)18-7-5-16(23(27)28)11-20(18)15-3-4-17(13-26)21(24)12-15/h2-7,10-12H,8-9H2,1H3,(H,27,28). The first-order valence-electron chi connectivity index (χ1n) is 8.79. The van der Waals surface area contributed by atoms with Gasteiger partial charge >= 0.3 is 5.97 Å². The van der Waals surface area contributed by atoms with Gasteiger partial charge in [-0.1, -0.05) is 24.3 Å². The summed E-state index contributed by atoms with van der Waals surface area (Å²) in [5.41, 5.74) is 2.03. The van der Waals surface area contributed by atoms with E-state index in [4.69, 9.17) is 10.00 Å². The molecule has 3 aromatic rings. The minimum Gasteiger partial charge on any atom is -0.478 e. The van der Waals surface area contributed by atoms with Gasteiger partial charge in [-0.25, -0.2) is 13.6 Å². The zero-order valence-electron chi connectivity index (χ0n) is 15.6. The van der Waals surface area contributed by atoms with Gasteiger partial charge in [0.25, 0.3) is 0 Å². The third-order valence-corrected chi connectivity index (χ3v) is 4.59. The van der Waals surface area contributed by atoms with Crippen LogP contribution in [0.5, 0.6) is 0 Å². The number of aromatic carboxylic acids is 1. The molecule has 0 aromatic heterocycles. The van der Waals surface area contributed by atoms with Gasteiger partial charge in [0.05, 0.1) is 17.7 Å². The molecule has 1 N–H and O–H groups in total. The van der Waals surface area contributed by atoms with E-state index in [0.717, 1.165) is 11.6 Å². The van der Waals surface area contributed by atoms with E-state index in [1.54, 1.807) is 25.3 Å². The number of ether oxygens (including phenoxy) is 1. The van der Waals surface area contributed by atoms with Crippen LogP contribution in [-0.2, 0) is 11.2 Å². The van der Waals surface area contributed by atoms with Gasteiger partial charge in [0.2, 0.25) is 0 Å². The van der Waals surface area contributed by atoms with Crippen molar-refractivity contribution in [1.82, 2.24) is 0 Å². The molecular formula is C23H17F2NO3. The summed E-state index contributed by atoms with van der Waals surface area (Å²) in [7, 11) is 1.57. The maximum atomic E-state index is 14.8. The van der Waals surface area contributed by atoms with E-state index < -0.39 is 17.6 Å². The van der Waals surface area contributed by atoms with Crippen molar-refractivity contribution < 1.29 is 23.4 Å². The number of hydrogen-bond donors (Lipinski definition) is 1. The lowest BCUT2D eigenvalue weighted by Gasteiger charge is -2.14. The van der Waals surface area contributed by atoms with Crippen molar-refractivity contribution in [2.24, 2.45) is 0 Å². The number of carboxylic acid groups (broad SMARTS) is 1. The zero-order chi connectivity index (χ0) is 21.0. The van der Waals surface area contributed by atoms with E-state index in [1.165, 1.54) is 36.4 Å². The number of halogens is 2. The van der Waals surface area contributed by atoms with Gasteiger partial charge in [0.15, 0.2) is 0 Å². The molecule has 0 atom stereocenters. The molecule has 0 spiro atoms. The molecule has 0 fully saturated rings. The first-order chi connectivity index (χ1) is 13.9. The molecule has 0 saturated heterocycles. The Kier molecular flexibility index (Phi) is 6.01. The maximum absolute atomic E-state index is 14.8. The highest BCUT2D eigenvalue weighted by Gasteiger charge is 2.16. The van der Waals surface area contributed by atoms with Crippen molar-refractivity contribution in [2.75, 3.05) is 13.7 Å². The van der Waals surface area contributed by atoms with Crippen molar-refractivity contribution in [1.29, 1.82) is 5.26 Å². The second kappa shape index (κ2) is 8.63. The number of methoxy groups -OCH3 is 1. The van der Waals surface area contributed by atoms with E-state index in [2.05, 4.69) is 0 Å². The lowest BCUT2D eigenvalue weighted by molar-refractivity contribution is 0.0697. The minimum absolute atomic E-state index is 0.00867. The molecule has 0 heterocycles. The second-order valence-corrected chi connectivity index (χ2v) is 6.43. The Hall–Kier alpha value is -3.56. The monoisotopic (exact) mass is 393 g/mol. The lowest BCUT2D eigenvalue weighted by Crippen LogP contribution is -1.99. The van der Waals surface area contributed by atoms with Crippen molar-refractivity contribution in [2.45, 2.75) is 6.42 Å². The Bertz CT molecular complexity index is 1120. The number of carboxylic acids is 1. The van der Waals surface area contributed by atoms with Crippen LogP contribution < -0.4 is 0 Å². The molecular weight excluding hydrogens is 376 g/mol. The highest BCUT2D eigenvalue weighted by molar-refractivity contribution is 5.93. The van der Waals surface area contributed by atoms with E-state index in [1.807, 2.05) is 0 Å². The van der Waals surface area contributed by atoms with Crippen LogP contribution in [0.1, 0.15) is 21.5 Å². The molecule has 4 nitrogen and oxygen atoms in total. The van der Waals surface area contributed by atoms with Crippen molar-refractivity contribution in [3.8, 4) is 28.3 Å². The topological polar surface area (TPSA) is 70.3 Å². The Morgan fingerprint density at radius 3 is 2.38 bits per heavy atom. The van der Waals surface area contributed by atoms with Gasteiger partial charge in [-0.05, 0) is 59.0 Å². The van der Waals surface area contributed by atoms with Crippen molar-refractivity contribution >= 4 is 5.97 Å². The lowest BCUT2D eigenvalue weighted by atomic mass is 9.91. The largest absolute Gasteiger partial charge is 0.478 e. The predicted molar refractivity (Wildman–Crippen MR) is 104 cm³/mol. The van der Waals surface area contributed by atoms with Gasteiger partial charge in [-0.2, -0.15) is 5.26 Å². The molecule has 0 aliphatic heterocycles. The molecule has 0 saturated carbocycles. The Labute approximate surface area is 166 Å². The molecule has 0 unspecified atom stereocenters. The third-order valence-electron chi connectivity index (χ3n) is 4.59. The van der Waals surface area contributed by atoms with Crippen molar-refractivity contribution in [3.05, 3.63) is 82.9 Å². The molecule has 29 heavy (non-hydrogen) atoms. The first kappa shape index (κ1) is 20.2. The van der Waals surface area contributed by atoms with Gasteiger partial charge in [-0.15, -0.1) is 0 Å². The molecule has 0 radical (unpaired) electrons. The third kappa shape index (κ3) is 4.31. The van der Waals surface area contributed by atoms with Gasteiger partial charge in [0.1, 0.15) is 17.7 Å². The smallest absolute Gasteiger partial charge is 0.335 e. The van der Waals surface area contributed by atoms with E-state index in [0.29, 0.717) is 29.7 Å². The summed E-state index contributed by atoms with van der Waals surface area (Å²) in [5.74, 6) is -2.36. The van der Waals surface area contributed by atoms with E-state index >= 15 is 0 Å². The molecule has 0 bridgehead atoms. The average molecular weight is 393 g/mol. The van der Waals surface area contributed by atoms with Crippen LogP contribution in [0.3, 0.4) is 0 Å². The van der Waals surface area contributed by atoms with Crippen LogP contribution in [0.2, 0.25) is 0 Å². The molecule has 6 heteroatoms. The summed E-state index contributed by atoms with van der Waals surface area (Å²) in [6, 6.07) is 14.7. The average Bonchev–Trinajstić information content (AvgIpc) is 2.72. The van der Waals surface area contributed by atoms with Gasteiger partial charge < -0.3 is 9.84 Å². The van der Waals surface area contributed by atoms with Crippen LogP contribution >= 0.6 is 0 Å². The number of carbonyl (C=O) groups is 1. The summed E-state index contributed by atoms with van der Waals surface area (Å²) in [6.45, 7) is 0.460. The van der Waals surface area contributed by atoms with Crippen LogP contribution in [0.15, 0.2) is 54.6 Å². The summed E-state index contributed by atoms with van der Waals surface area (Å²) in [5, 5.41) is 18.3. The number of nitriles is 1. The summed E-state index contributed by atoms with van der Waals surface area (Å²) in [4.78, 5) is 11.4. The highest BCUT2D eigenvalue weighted by Crippen LogP contribution is 2.35. The fraction of sp³-hybridized carbons (Fsp3) is 0.130. The normalized spacial score (nSPS) is 10.6. The van der Waals surface area contributed by atoms with Crippen LogP contribution in [0.25, 0.3) is 22.3 Å². The summed E-state index contributed by atoms with van der Waals surface area (Å²) < 4.78 is 34.0. The Balaban J connectivity index is 2.16. The van der Waals surface area contributed by atoms with Crippen LogP contribution in [0, 0.1) is 23.0 Å². The number of nitrogens with zero attached hydrogens (tertiary/aromatic N) is 1. The molecule has 3 rings (SSSR count). The van der Waals surface area contributed by atoms with Gasteiger partial charge in [0, 0.05) is 12.7 Å². The summed E-state index contributed by atoms with van der Waals surface area (Å²) in [6.07, 6.45) is 0.555. The molecule has 146 valence electrons. The summed E-state index contributed by atoms with van der Waals surface area (Å²) >= 11 is 0. The fourth-order valence-corrected chi connectivity index (χ4v) is 3.08. The molecule has 0 aliphatic rings. The minimum atomic E-state index is -1.15. The Morgan fingerprint density at radius 1 is 1.00 bits per heavy atom. The van der Waals surface area contributed by atoms with E-state index in [9.17, 15) is 18.7 Å². The predicted octanol–water partition coefficient (Wildman–Crippen LogP) is 5.06. The first-order valence-corrected chi connectivity index (χ1v) is 8.79. The van der Waals surface area contributed by atoms with Crippen molar-refractivity contribution in [3.63, 3.8) is 0 Å². The highest BCUT2D eigenvalue weighted by atomic mass is 19.1. The molecule has 3 aromatic carbocycles. The zero-order valence-corrected chi connectivity index (χ0v) is 15.6.